The quantitative estimate of drug-likeness (QED) is 0.541. The summed E-state index contributed by atoms with van der Waals surface area (Å²) in [7, 11) is 2.03. The molecule has 1 rings (SSSR count). The van der Waals surface area contributed by atoms with Crippen molar-refractivity contribution in [2.24, 2.45) is 0 Å². The number of ether oxygens (including phenoxy) is 1. The minimum Gasteiger partial charge on any atom is -0.388 e. The van der Waals surface area contributed by atoms with Crippen LogP contribution in [0.25, 0.3) is 0 Å². The summed E-state index contributed by atoms with van der Waals surface area (Å²) >= 11 is 0. The zero-order chi connectivity index (χ0) is 11.1. The van der Waals surface area contributed by atoms with Gasteiger partial charge in [-0.1, -0.05) is 0 Å². The first-order valence-corrected chi connectivity index (χ1v) is 5.58. The smallest absolute Gasteiger partial charge is 0.0817 e. The highest BCUT2D eigenvalue weighted by atomic mass is 16.5. The van der Waals surface area contributed by atoms with Gasteiger partial charge in [-0.3, -0.25) is 0 Å². The summed E-state index contributed by atoms with van der Waals surface area (Å²) in [4.78, 5) is 2.16. The van der Waals surface area contributed by atoms with E-state index in [-0.39, 0.29) is 0 Å². The van der Waals surface area contributed by atoms with Gasteiger partial charge in [-0.25, -0.2) is 0 Å². The molecule has 0 amide bonds. The number of unbranched alkanes of at least 4 members (excludes halogenated alkanes) is 1. The predicted molar refractivity (Wildman–Crippen MR) is 60.6 cm³/mol. The standard InChI is InChI=1S/C12H21NO2/c1-3-4-5-8-13(2)11-12(14)6-9-15-10-7-12/h1,14H,4-11H2,2H3. The minimum absolute atomic E-state index is 0.552. The van der Waals surface area contributed by atoms with E-state index in [2.05, 4.69) is 10.8 Å². The molecule has 1 heterocycles. The summed E-state index contributed by atoms with van der Waals surface area (Å²) in [5, 5.41) is 10.2. The summed E-state index contributed by atoms with van der Waals surface area (Å²) in [6.07, 6.45) is 8.49. The van der Waals surface area contributed by atoms with E-state index in [0.717, 1.165) is 38.8 Å². The number of likely N-dealkylation sites (N-methyl/N-ethyl adjacent to an activating group) is 1. The lowest BCUT2D eigenvalue weighted by Crippen LogP contribution is -2.45. The van der Waals surface area contributed by atoms with Crippen LogP contribution in [0.3, 0.4) is 0 Å². The van der Waals surface area contributed by atoms with Crippen molar-refractivity contribution in [3.05, 3.63) is 0 Å². The van der Waals surface area contributed by atoms with Gasteiger partial charge in [0.05, 0.1) is 5.60 Å². The predicted octanol–water partition coefficient (Wildman–Crippen LogP) is 0.873. The molecule has 0 saturated carbocycles. The Kier molecular flexibility index (Phi) is 5.10. The zero-order valence-electron chi connectivity index (χ0n) is 9.54. The van der Waals surface area contributed by atoms with Gasteiger partial charge < -0.3 is 14.7 Å². The molecule has 1 fully saturated rings. The maximum Gasteiger partial charge on any atom is 0.0817 e. The number of rotatable bonds is 5. The zero-order valence-corrected chi connectivity index (χ0v) is 9.54. The van der Waals surface area contributed by atoms with Gasteiger partial charge in [-0.15, -0.1) is 12.3 Å². The van der Waals surface area contributed by atoms with Crippen LogP contribution < -0.4 is 0 Å². The lowest BCUT2D eigenvalue weighted by atomic mass is 9.94. The Labute approximate surface area is 92.4 Å². The van der Waals surface area contributed by atoms with E-state index >= 15 is 0 Å². The molecular formula is C12H21NO2. The summed E-state index contributed by atoms with van der Waals surface area (Å²) in [6, 6.07) is 0. The van der Waals surface area contributed by atoms with Crippen LogP contribution in [0.2, 0.25) is 0 Å². The SMILES string of the molecule is C#CCCCN(C)CC1(O)CCOCC1. The summed E-state index contributed by atoms with van der Waals surface area (Å²) < 4.78 is 5.24. The maximum absolute atomic E-state index is 10.2. The maximum atomic E-state index is 10.2. The molecule has 0 unspecified atom stereocenters. The summed E-state index contributed by atoms with van der Waals surface area (Å²) in [5.41, 5.74) is -0.552. The molecule has 3 nitrogen and oxygen atoms in total. The molecular weight excluding hydrogens is 190 g/mol. The van der Waals surface area contributed by atoms with Crippen molar-refractivity contribution >= 4 is 0 Å². The summed E-state index contributed by atoms with van der Waals surface area (Å²) in [5.74, 6) is 2.63. The average molecular weight is 211 g/mol. The lowest BCUT2D eigenvalue weighted by molar-refractivity contribution is -0.0768. The summed E-state index contributed by atoms with van der Waals surface area (Å²) in [6.45, 7) is 3.03. The van der Waals surface area contributed by atoms with Crippen molar-refractivity contribution in [2.45, 2.75) is 31.3 Å². The molecule has 3 heteroatoms. The molecule has 0 atom stereocenters. The molecule has 0 spiro atoms. The second-order valence-electron chi connectivity index (χ2n) is 4.38. The highest BCUT2D eigenvalue weighted by molar-refractivity contribution is 4.86. The fourth-order valence-corrected chi connectivity index (χ4v) is 1.94. The van der Waals surface area contributed by atoms with Crippen LogP contribution in [0, 0.1) is 12.3 Å². The van der Waals surface area contributed by atoms with Gasteiger partial charge in [0.15, 0.2) is 0 Å². The topological polar surface area (TPSA) is 32.7 Å². The molecule has 0 bridgehead atoms. The minimum atomic E-state index is -0.552. The van der Waals surface area contributed by atoms with Crippen LogP contribution in [0.1, 0.15) is 25.7 Å². The third-order valence-electron chi connectivity index (χ3n) is 2.85. The largest absolute Gasteiger partial charge is 0.388 e. The van der Waals surface area contributed by atoms with E-state index in [4.69, 9.17) is 11.2 Å². The van der Waals surface area contributed by atoms with Gasteiger partial charge in [-0.2, -0.15) is 0 Å². The Morgan fingerprint density at radius 2 is 2.13 bits per heavy atom. The Morgan fingerprint density at radius 3 is 2.73 bits per heavy atom. The van der Waals surface area contributed by atoms with Crippen molar-refractivity contribution < 1.29 is 9.84 Å². The normalized spacial score (nSPS) is 20.1. The van der Waals surface area contributed by atoms with Crippen molar-refractivity contribution in [3.63, 3.8) is 0 Å². The van der Waals surface area contributed by atoms with Gasteiger partial charge in [0.25, 0.3) is 0 Å². The van der Waals surface area contributed by atoms with Gasteiger partial charge in [0.2, 0.25) is 0 Å². The third-order valence-corrected chi connectivity index (χ3v) is 2.85. The molecule has 0 radical (unpaired) electrons. The number of aliphatic hydroxyl groups is 1. The Bertz CT molecular complexity index is 216. The third kappa shape index (κ3) is 4.65. The molecule has 0 aromatic heterocycles. The molecule has 1 N–H and O–H groups in total. The van der Waals surface area contributed by atoms with E-state index < -0.39 is 5.60 Å². The molecule has 0 aromatic carbocycles. The molecule has 86 valence electrons. The first-order chi connectivity index (χ1) is 7.16. The number of hydrogen-bond acceptors (Lipinski definition) is 3. The van der Waals surface area contributed by atoms with E-state index in [1.54, 1.807) is 0 Å². The monoisotopic (exact) mass is 211 g/mol. The van der Waals surface area contributed by atoms with Gasteiger partial charge >= 0.3 is 0 Å². The first kappa shape index (κ1) is 12.5. The van der Waals surface area contributed by atoms with Crippen molar-refractivity contribution in [1.29, 1.82) is 0 Å². The molecule has 1 aliphatic heterocycles. The van der Waals surface area contributed by atoms with E-state index in [0.29, 0.717) is 13.2 Å². The van der Waals surface area contributed by atoms with E-state index in [1.807, 2.05) is 7.05 Å². The second-order valence-corrected chi connectivity index (χ2v) is 4.38. The molecule has 1 saturated heterocycles. The highest BCUT2D eigenvalue weighted by Gasteiger charge is 2.30. The fourth-order valence-electron chi connectivity index (χ4n) is 1.94. The molecule has 0 aromatic rings. The van der Waals surface area contributed by atoms with Gasteiger partial charge in [-0.05, 0) is 20.0 Å². The van der Waals surface area contributed by atoms with Crippen LogP contribution in [-0.2, 0) is 4.74 Å². The number of hydrogen-bond donors (Lipinski definition) is 1. The Morgan fingerprint density at radius 1 is 1.47 bits per heavy atom. The highest BCUT2D eigenvalue weighted by Crippen LogP contribution is 2.21. The first-order valence-electron chi connectivity index (χ1n) is 5.58. The van der Waals surface area contributed by atoms with Crippen molar-refractivity contribution in [3.8, 4) is 12.3 Å². The van der Waals surface area contributed by atoms with Crippen molar-refractivity contribution in [2.75, 3.05) is 33.4 Å². The lowest BCUT2D eigenvalue weighted by Gasteiger charge is -2.35. The van der Waals surface area contributed by atoms with Gasteiger partial charge in [0.1, 0.15) is 0 Å². The van der Waals surface area contributed by atoms with Crippen LogP contribution >= 0.6 is 0 Å². The molecule has 15 heavy (non-hydrogen) atoms. The van der Waals surface area contributed by atoms with Crippen LogP contribution in [0.5, 0.6) is 0 Å². The van der Waals surface area contributed by atoms with Crippen LogP contribution in [0.4, 0.5) is 0 Å². The van der Waals surface area contributed by atoms with Crippen molar-refractivity contribution in [1.82, 2.24) is 4.90 Å². The van der Waals surface area contributed by atoms with Crippen LogP contribution in [-0.4, -0.2) is 49.0 Å². The van der Waals surface area contributed by atoms with Crippen LogP contribution in [0.15, 0.2) is 0 Å². The van der Waals surface area contributed by atoms with E-state index in [9.17, 15) is 5.11 Å². The Hall–Kier alpha value is -0.560. The second kappa shape index (κ2) is 6.12. The average Bonchev–Trinajstić information content (AvgIpc) is 2.18. The van der Waals surface area contributed by atoms with E-state index in [1.165, 1.54) is 0 Å². The Balaban J connectivity index is 2.23. The molecule has 0 aliphatic carbocycles. The fraction of sp³-hybridized carbons (Fsp3) is 0.833. The van der Waals surface area contributed by atoms with Gasteiger partial charge in [0, 0.05) is 39.0 Å². The molecule has 1 aliphatic rings. The number of terminal acetylenes is 1. The number of nitrogens with zero attached hydrogens (tertiary/aromatic N) is 1.